The number of aryl methyl sites for hydroxylation is 3. The van der Waals surface area contributed by atoms with Crippen molar-refractivity contribution < 1.29 is 23.1 Å². The van der Waals surface area contributed by atoms with Gasteiger partial charge in [0.15, 0.2) is 0 Å². The smallest absolute Gasteiger partial charge is 0.321 e. The Morgan fingerprint density at radius 3 is 2.45 bits per heavy atom. The number of sulfonamides is 1. The normalized spacial score (nSPS) is 12.4. The predicted octanol–water partition coefficient (Wildman–Crippen LogP) is 3.19. The second-order valence-electron chi connectivity index (χ2n) is 7.84. The Morgan fingerprint density at radius 1 is 1.09 bits per heavy atom. The van der Waals surface area contributed by atoms with Crippen LogP contribution in [-0.4, -0.2) is 41.7 Å². The van der Waals surface area contributed by atoms with Gasteiger partial charge >= 0.3 is 5.97 Å². The lowest BCUT2D eigenvalue weighted by Crippen LogP contribution is -2.40. The van der Waals surface area contributed by atoms with Gasteiger partial charge in [-0.2, -0.15) is 4.72 Å². The van der Waals surface area contributed by atoms with E-state index in [0.29, 0.717) is 19.4 Å². The van der Waals surface area contributed by atoms with Gasteiger partial charge in [-0.25, -0.2) is 13.4 Å². The molecule has 1 aromatic heterocycles. The van der Waals surface area contributed by atoms with Crippen LogP contribution in [0.5, 0.6) is 5.75 Å². The minimum absolute atomic E-state index is 0.0480. The molecule has 8 nitrogen and oxygen atoms in total. The molecule has 0 aliphatic rings. The number of aromatic nitrogens is 2. The zero-order chi connectivity index (χ0) is 23.7. The molecule has 0 aliphatic carbocycles. The third-order valence-corrected chi connectivity index (χ3v) is 6.62. The van der Waals surface area contributed by atoms with Crippen LogP contribution >= 0.6 is 0 Å². The van der Waals surface area contributed by atoms with Crippen LogP contribution in [0, 0.1) is 0 Å². The Labute approximate surface area is 194 Å². The Bertz CT molecular complexity index is 1130. The van der Waals surface area contributed by atoms with Crippen molar-refractivity contribution in [3.05, 3.63) is 78.4 Å². The minimum Gasteiger partial charge on any atom is -0.494 e. The summed E-state index contributed by atoms with van der Waals surface area (Å²) in [5.74, 6) is -0.414. The molecule has 176 valence electrons. The Balaban J connectivity index is 1.42. The number of nitrogens with zero attached hydrogens (tertiary/aromatic N) is 2. The monoisotopic (exact) mass is 471 g/mol. The van der Waals surface area contributed by atoms with Crippen molar-refractivity contribution in [2.75, 3.05) is 6.61 Å². The van der Waals surface area contributed by atoms with E-state index < -0.39 is 22.0 Å². The average Bonchev–Trinajstić information content (AvgIpc) is 3.22. The lowest BCUT2D eigenvalue weighted by Gasteiger charge is -2.15. The van der Waals surface area contributed by atoms with Gasteiger partial charge in [0.2, 0.25) is 10.0 Å². The third-order valence-electron chi connectivity index (χ3n) is 5.13. The first-order chi connectivity index (χ1) is 15.8. The average molecular weight is 472 g/mol. The molecule has 9 heteroatoms. The quantitative estimate of drug-likeness (QED) is 0.371. The summed E-state index contributed by atoms with van der Waals surface area (Å²) < 4.78 is 34.8. The van der Waals surface area contributed by atoms with E-state index in [1.807, 2.05) is 42.1 Å². The van der Waals surface area contributed by atoms with Gasteiger partial charge in [0, 0.05) is 13.2 Å². The highest BCUT2D eigenvalue weighted by Gasteiger charge is 2.24. The van der Waals surface area contributed by atoms with Crippen LogP contribution in [0.2, 0.25) is 0 Å². The highest BCUT2D eigenvalue weighted by atomic mass is 32.2. The summed E-state index contributed by atoms with van der Waals surface area (Å²) in [6, 6.07) is 14.2. The predicted molar refractivity (Wildman–Crippen MR) is 125 cm³/mol. The van der Waals surface area contributed by atoms with Crippen molar-refractivity contribution in [2.45, 2.75) is 43.0 Å². The number of carboxylic acid groups (broad SMARTS) is 1. The van der Waals surface area contributed by atoms with Crippen LogP contribution in [0.4, 0.5) is 0 Å². The van der Waals surface area contributed by atoms with E-state index in [9.17, 15) is 18.3 Å². The number of aliphatic carboxylic acids is 1. The van der Waals surface area contributed by atoms with Gasteiger partial charge in [-0.3, -0.25) is 4.79 Å². The van der Waals surface area contributed by atoms with Gasteiger partial charge in [-0.05, 0) is 61.9 Å². The topological polar surface area (TPSA) is 111 Å². The molecule has 33 heavy (non-hydrogen) atoms. The van der Waals surface area contributed by atoms with E-state index >= 15 is 0 Å². The number of ether oxygens (including phenoxy) is 1. The van der Waals surface area contributed by atoms with Crippen molar-refractivity contribution in [1.29, 1.82) is 0 Å². The molecule has 0 aliphatic heterocycles. The molecule has 0 amide bonds. The first kappa shape index (κ1) is 24.5. The number of nitrogens with one attached hydrogen (secondary N) is 1. The summed E-state index contributed by atoms with van der Waals surface area (Å²) in [5.41, 5.74) is 2.08. The van der Waals surface area contributed by atoms with Gasteiger partial charge in [-0.1, -0.05) is 30.3 Å². The molecule has 1 heterocycles. The summed E-state index contributed by atoms with van der Waals surface area (Å²) in [6.45, 7) is 0.595. The van der Waals surface area contributed by atoms with Crippen LogP contribution in [0.3, 0.4) is 0 Å². The first-order valence-electron chi connectivity index (χ1n) is 10.8. The van der Waals surface area contributed by atoms with Crippen LogP contribution < -0.4 is 9.46 Å². The molecule has 2 N–H and O–H groups in total. The molecule has 0 fully saturated rings. The van der Waals surface area contributed by atoms with E-state index in [-0.39, 0.29) is 11.3 Å². The fourth-order valence-electron chi connectivity index (χ4n) is 3.39. The van der Waals surface area contributed by atoms with E-state index in [4.69, 9.17) is 4.74 Å². The van der Waals surface area contributed by atoms with Crippen molar-refractivity contribution in [2.24, 2.45) is 7.05 Å². The molecule has 0 radical (unpaired) electrons. The number of imidazole rings is 1. The van der Waals surface area contributed by atoms with Crippen molar-refractivity contribution >= 4 is 16.0 Å². The van der Waals surface area contributed by atoms with E-state index in [1.54, 1.807) is 24.5 Å². The van der Waals surface area contributed by atoms with Crippen molar-refractivity contribution in [3.8, 4) is 5.75 Å². The van der Waals surface area contributed by atoms with Gasteiger partial charge in [-0.15, -0.1) is 0 Å². The molecule has 0 bridgehead atoms. The van der Waals surface area contributed by atoms with Gasteiger partial charge in [0.1, 0.15) is 11.8 Å². The number of benzene rings is 2. The van der Waals surface area contributed by atoms with E-state index in [2.05, 4.69) is 9.71 Å². The molecule has 3 aromatic rings. The second kappa shape index (κ2) is 11.6. The molecular formula is C24H29N3O5S. The number of rotatable bonds is 13. The maximum absolute atomic E-state index is 12.4. The summed E-state index contributed by atoms with van der Waals surface area (Å²) in [4.78, 5) is 15.9. The summed E-state index contributed by atoms with van der Waals surface area (Å²) in [5, 5.41) is 9.45. The van der Waals surface area contributed by atoms with Crippen LogP contribution in [0.15, 0.2) is 72.0 Å². The van der Waals surface area contributed by atoms with E-state index in [1.165, 1.54) is 12.1 Å². The summed E-state index contributed by atoms with van der Waals surface area (Å²) >= 11 is 0. The van der Waals surface area contributed by atoms with Crippen LogP contribution in [0.25, 0.3) is 0 Å². The fraction of sp³-hybridized carbons (Fsp3) is 0.333. The number of hydrogen-bond donors (Lipinski definition) is 2. The largest absolute Gasteiger partial charge is 0.494 e. The minimum atomic E-state index is -3.89. The molecule has 3 rings (SSSR count). The van der Waals surface area contributed by atoms with Gasteiger partial charge in [0.05, 0.1) is 23.5 Å². The number of carboxylic acids is 1. The zero-order valence-electron chi connectivity index (χ0n) is 18.6. The first-order valence-corrected chi connectivity index (χ1v) is 12.3. The fourth-order valence-corrected chi connectivity index (χ4v) is 4.63. The summed E-state index contributed by atoms with van der Waals surface area (Å²) in [6.07, 6.45) is 6.86. The molecule has 1 atom stereocenters. The number of carbonyl (C=O) groups is 1. The van der Waals surface area contributed by atoms with Crippen LogP contribution in [0.1, 0.15) is 30.5 Å². The highest BCUT2D eigenvalue weighted by molar-refractivity contribution is 7.89. The molecule has 0 spiro atoms. The maximum Gasteiger partial charge on any atom is 0.321 e. The molecule has 0 saturated carbocycles. The Hall–Kier alpha value is -3.17. The third kappa shape index (κ3) is 7.73. The second-order valence-corrected chi connectivity index (χ2v) is 9.56. The van der Waals surface area contributed by atoms with Crippen molar-refractivity contribution in [3.63, 3.8) is 0 Å². The Morgan fingerprint density at radius 2 is 1.82 bits per heavy atom. The highest BCUT2D eigenvalue weighted by Crippen LogP contribution is 2.16. The lowest BCUT2D eigenvalue weighted by atomic mass is 10.1. The molecular weight excluding hydrogens is 442 g/mol. The number of hydrogen-bond acceptors (Lipinski definition) is 5. The molecule has 2 aromatic carbocycles. The maximum atomic E-state index is 12.4. The SMILES string of the molecule is Cn1cnc(CCCOc2ccc(CCCC(NS(=O)(=O)c3ccccc3)C(=O)O)cc2)c1. The zero-order valence-corrected chi connectivity index (χ0v) is 19.4. The molecule has 1 unspecified atom stereocenters. The molecule has 0 saturated heterocycles. The standard InChI is InChI=1S/C24H29N3O5S/c1-27-17-20(25-18-27)8-6-16-32-21-14-12-19(13-15-21)7-5-11-23(24(28)29)26-33(30,31)22-9-3-2-4-10-22/h2-4,9-10,12-15,17-18,23,26H,5-8,11,16H2,1H3,(H,28,29). The summed E-state index contributed by atoms with van der Waals surface area (Å²) in [7, 11) is -1.94. The van der Waals surface area contributed by atoms with Gasteiger partial charge in [0.25, 0.3) is 0 Å². The lowest BCUT2D eigenvalue weighted by molar-refractivity contribution is -0.139. The van der Waals surface area contributed by atoms with Gasteiger partial charge < -0.3 is 14.4 Å². The van der Waals surface area contributed by atoms with E-state index in [0.717, 1.165) is 29.8 Å². The van der Waals surface area contributed by atoms with Crippen molar-refractivity contribution in [1.82, 2.24) is 14.3 Å². The van der Waals surface area contributed by atoms with Crippen LogP contribution in [-0.2, 0) is 34.7 Å². The Kier molecular flexibility index (Phi) is 8.62.